The summed E-state index contributed by atoms with van der Waals surface area (Å²) in [5, 5.41) is 0. The molecule has 0 fully saturated rings. The minimum absolute atomic E-state index is 0.0903. The Morgan fingerprint density at radius 2 is 2.19 bits per heavy atom. The molecule has 0 saturated heterocycles. The van der Waals surface area contributed by atoms with Crippen LogP contribution in [0.1, 0.15) is 30.2 Å². The molecule has 1 aromatic heterocycles. The van der Waals surface area contributed by atoms with E-state index in [9.17, 15) is 4.79 Å². The molecule has 1 unspecified atom stereocenters. The first kappa shape index (κ1) is 16.5. The van der Waals surface area contributed by atoms with Gasteiger partial charge in [-0.1, -0.05) is 26.0 Å². The molecule has 4 rings (SSSR count). The Bertz CT molecular complexity index is 842. The number of oxazole rings is 1. The van der Waals surface area contributed by atoms with E-state index in [4.69, 9.17) is 18.6 Å². The summed E-state index contributed by atoms with van der Waals surface area (Å²) in [7, 11) is 0. The van der Waals surface area contributed by atoms with Crippen LogP contribution >= 0.6 is 0 Å². The van der Waals surface area contributed by atoms with E-state index in [1.165, 1.54) is 6.26 Å². The van der Waals surface area contributed by atoms with E-state index in [0.29, 0.717) is 41.3 Å². The van der Waals surface area contributed by atoms with Crippen LogP contribution in [0, 0.1) is 5.92 Å². The van der Waals surface area contributed by atoms with Crippen LogP contribution in [0.15, 0.2) is 41.0 Å². The van der Waals surface area contributed by atoms with Crippen molar-refractivity contribution in [2.45, 2.75) is 26.5 Å². The first-order valence-corrected chi connectivity index (χ1v) is 8.56. The number of hydrogen-bond donors (Lipinski definition) is 0. The minimum atomic E-state index is -0.133. The molecule has 136 valence electrons. The van der Waals surface area contributed by atoms with Crippen molar-refractivity contribution in [3.63, 3.8) is 0 Å². The molecule has 3 heterocycles. The number of carbonyl (C=O) groups is 1. The number of nitrogens with zero attached hydrogens (tertiary/aromatic N) is 2. The summed E-state index contributed by atoms with van der Waals surface area (Å²) in [4.78, 5) is 18.7. The minimum Gasteiger partial charge on any atom is -0.484 e. The molecular weight excluding hydrogens is 336 g/mol. The summed E-state index contributed by atoms with van der Waals surface area (Å²) in [5.41, 5.74) is 0.295. The van der Waals surface area contributed by atoms with Crippen molar-refractivity contribution in [3.05, 3.63) is 48.2 Å². The molecule has 0 radical (unpaired) electrons. The second kappa shape index (κ2) is 6.74. The van der Waals surface area contributed by atoms with Crippen LogP contribution in [0.3, 0.4) is 0 Å². The second-order valence-corrected chi connectivity index (χ2v) is 6.55. The molecule has 1 amide bonds. The van der Waals surface area contributed by atoms with Crippen molar-refractivity contribution >= 4 is 5.91 Å². The predicted molar refractivity (Wildman–Crippen MR) is 92.2 cm³/mol. The number of amides is 1. The fraction of sp³-hybridized carbons (Fsp3) is 0.368. The van der Waals surface area contributed by atoms with E-state index in [0.717, 1.165) is 0 Å². The first-order valence-electron chi connectivity index (χ1n) is 8.56. The zero-order chi connectivity index (χ0) is 18.1. The number of carbonyl (C=O) groups excluding carboxylic acids is 1. The van der Waals surface area contributed by atoms with Crippen LogP contribution in [0.5, 0.6) is 17.2 Å². The lowest BCUT2D eigenvalue weighted by molar-refractivity contribution is 0.0714. The zero-order valence-electron chi connectivity index (χ0n) is 14.7. The summed E-state index contributed by atoms with van der Waals surface area (Å²) in [6, 6.07) is 5.41. The molecule has 0 spiro atoms. The molecule has 2 aliphatic heterocycles. The summed E-state index contributed by atoms with van der Waals surface area (Å²) >= 11 is 0. The highest BCUT2D eigenvalue weighted by atomic mass is 16.7. The molecule has 1 atom stereocenters. The quantitative estimate of drug-likeness (QED) is 0.767. The number of benzene rings is 1. The topological polar surface area (TPSA) is 74.0 Å². The van der Waals surface area contributed by atoms with Gasteiger partial charge in [0, 0.05) is 12.6 Å². The number of aromatic nitrogens is 1. The highest BCUT2D eigenvalue weighted by Gasteiger charge is 2.29. The largest absolute Gasteiger partial charge is 0.484 e. The number of hydrogen-bond acceptors (Lipinski definition) is 6. The predicted octanol–water partition coefficient (Wildman–Crippen LogP) is 3.02. The van der Waals surface area contributed by atoms with Gasteiger partial charge in [-0.25, -0.2) is 4.98 Å². The van der Waals surface area contributed by atoms with Gasteiger partial charge in [-0.3, -0.25) is 4.79 Å². The molecule has 26 heavy (non-hydrogen) atoms. The van der Waals surface area contributed by atoms with Crippen molar-refractivity contribution in [2.75, 3.05) is 13.3 Å². The summed E-state index contributed by atoms with van der Waals surface area (Å²) < 4.78 is 21.6. The normalized spacial score (nSPS) is 18.0. The van der Waals surface area contributed by atoms with Crippen LogP contribution in [0.25, 0.3) is 0 Å². The van der Waals surface area contributed by atoms with E-state index in [-0.39, 0.29) is 25.3 Å². The van der Waals surface area contributed by atoms with E-state index in [2.05, 4.69) is 24.9 Å². The zero-order valence-corrected chi connectivity index (χ0v) is 14.7. The average molecular weight is 356 g/mol. The van der Waals surface area contributed by atoms with Gasteiger partial charge >= 0.3 is 0 Å². The summed E-state index contributed by atoms with van der Waals surface area (Å²) in [6.45, 7) is 5.12. The number of rotatable bonds is 5. The summed E-state index contributed by atoms with van der Waals surface area (Å²) in [6.07, 6.45) is 5.45. The van der Waals surface area contributed by atoms with Crippen molar-refractivity contribution < 1.29 is 23.4 Å². The lowest BCUT2D eigenvalue weighted by atomic mass is 10.0. The Morgan fingerprint density at radius 3 is 3.04 bits per heavy atom. The van der Waals surface area contributed by atoms with E-state index in [1.54, 1.807) is 23.1 Å². The smallest absolute Gasteiger partial charge is 0.276 e. The molecule has 0 N–H and O–H groups in total. The Kier molecular flexibility index (Phi) is 4.28. The molecule has 7 nitrogen and oxygen atoms in total. The monoisotopic (exact) mass is 356 g/mol. The number of fused-ring (bicyclic) bond motifs is 1. The van der Waals surface area contributed by atoms with E-state index in [1.807, 2.05) is 6.08 Å². The Balaban J connectivity index is 1.39. The molecule has 0 saturated carbocycles. The average Bonchev–Trinajstić information content (AvgIpc) is 3.38. The molecule has 1 aromatic carbocycles. The molecule has 2 aliphatic rings. The van der Waals surface area contributed by atoms with Gasteiger partial charge in [0.1, 0.15) is 12.0 Å². The van der Waals surface area contributed by atoms with Crippen molar-refractivity contribution in [3.8, 4) is 17.2 Å². The first-order chi connectivity index (χ1) is 12.6. The van der Waals surface area contributed by atoms with Crippen LogP contribution in [-0.4, -0.2) is 35.2 Å². The second-order valence-electron chi connectivity index (χ2n) is 6.55. The maximum Gasteiger partial charge on any atom is 0.276 e. The van der Waals surface area contributed by atoms with Gasteiger partial charge in [-0.15, -0.1) is 0 Å². The molecule has 7 heteroatoms. The third-order valence-corrected chi connectivity index (χ3v) is 4.42. The van der Waals surface area contributed by atoms with E-state index < -0.39 is 0 Å². The maximum absolute atomic E-state index is 12.7. The van der Waals surface area contributed by atoms with Crippen LogP contribution in [0.2, 0.25) is 0 Å². The highest BCUT2D eigenvalue weighted by Crippen LogP contribution is 2.35. The molecular formula is C19H20N2O5. The molecule has 0 bridgehead atoms. The highest BCUT2D eigenvalue weighted by molar-refractivity contribution is 5.92. The van der Waals surface area contributed by atoms with Crippen molar-refractivity contribution in [1.82, 2.24) is 9.88 Å². The maximum atomic E-state index is 12.7. The number of ether oxygens (including phenoxy) is 3. The Hall–Kier alpha value is -2.96. The fourth-order valence-corrected chi connectivity index (χ4v) is 3.07. The fourth-order valence-electron chi connectivity index (χ4n) is 3.07. The van der Waals surface area contributed by atoms with Gasteiger partial charge in [0.25, 0.3) is 5.91 Å². The third kappa shape index (κ3) is 3.12. The lowest BCUT2D eigenvalue weighted by Gasteiger charge is -2.26. The molecule has 2 aromatic rings. The Morgan fingerprint density at radius 1 is 1.35 bits per heavy atom. The SMILES string of the molecule is CC(C)C1C=CCN1C(=O)c1coc(COc2ccc3c(c2)OCO3)n1. The van der Waals surface area contributed by atoms with Crippen LogP contribution in [0.4, 0.5) is 0 Å². The van der Waals surface area contributed by atoms with Gasteiger partial charge in [0.05, 0.1) is 6.04 Å². The van der Waals surface area contributed by atoms with Crippen LogP contribution < -0.4 is 14.2 Å². The van der Waals surface area contributed by atoms with Gasteiger partial charge in [-0.05, 0) is 18.1 Å². The Labute approximate surface area is 151 Å². The lowest BCUT2D eigenvalue weighted by Crippen LogP contribution is -2.39. The van der Waals surface area contributed by atoms with Crippen molar-refractivity contribution in [1.29, 1.82) is 0 Å². The summed E-state index contributed by atoms with van der Waals surface area (Å²) in [5.74, 6) is 2.51. The van der Waals surface area contributed by atoms with Gasteiger partial charge in [0.2, 0.25) is 12.7 Å². The van der Waals surface area contributed by atoms with Crippen LogP contribution in [-0.2, 0) is 6.61 Å². The standard InChI is InChI=1S/C19H20N2O5/c1-12(2)15-4-3-7-21(15)19(22)14-9-24-18(20-14)10-23-13-5-6-16-17(8-13)26-11-25-16/h3-6,8-9,12,15H,7,10-11H2,1-2H3. The molecule has 0 aliphatic carbocycles. The van der Waals surface area contributed by atoms with Gasteiger partial charge in [-0.2, -0.15) is 0 Å². The van der Waals surface area contributed by atoms with E-state index >= 15 is 0 Å². The van der Waals surface area contributed by atoms with Crippen molar-refractivity contribution in [2.24, 2.45) is 5.92 Å². The van der Waals surface area contributed by atoms with Gasteiger partial charge in [0.15, 0.2) is 23.8 Å². The third-order valence-electron chi connectivity index (χ3n) is 4.42. The van der Waals surface area contributed by atoms with Gasteiger partial charge < -0.3 is 23.5 Å².